The fraction of sp³-hybridized carbons (Fsp3) is 0.462. The Labute approximate surface area is 111 Å². The highest BCUT2D eigenvalue weighted by Crippen LogP contribution is 2.42. The van der Waals surface area contributed by atoms with E-state index < -0.39 is 6.09 Å². The Hall–Kier alpha value is -2.11. The SMILES string of the molecule is COc1ccc([C@@H]2CCOC(=O)N2)c(OC)c1OC. The van der Waals surface area contributed by atoms with E-state index in [1.54, 1.807) is 27.4 Å². The second-order valence-corrected chi connectivity index (χ2v) is 4.05. The minimum atomic E-state index is -0.423. The Kier molecular flexibility index (Phi) is 3.99. The van der Waals surface area contributed by atoms with Gasteiger partial charge in [-0.1, -0.05) is 0 Å². The second kappa shape index (κ2) is 5.69. The van der Waals surface area contributed by atoms with Crippen molar-refractivity contribution in [3.63, 3.8) is 0 Å². The maximum absolute atomic E-state index is 11.3. The van der Waals surface area contributed by atoms with E-state index in [4.69, 9.17) is 18.9 Å². The van der Waals surface area contributed by atoms with Crippen molar-refractivity contribution >= 4 is 6.09 Å². The first-order chi connectivity index (χ1) is 9.21. The summed E-state index contributed by atoms with van der Waals surface area (Å²) < 4.78 is 20.8. The minimum Gasteiger partial charge on any atom is -0.493 e. The summed E-state index contributed by atoms with van der Waals surface area (Å²) in [6.45, 7) is 0.383. The number of carbonyl (C=O) groups excluding carboxylic acids is 1. The lowest BCUT2D eigenvalue weighted by atomic mass is 10.0. The number of hydrogen-bond acceptors (Lipinski definition) is 5. The average Bonchev–Trinajstić information content (AvgIpc) is 2.45. The highest BCUT2D eigenvalue weighted by molar-refractivity contribution is 5.69. The van der Waals surface area contributed by atoms with Crippen LogP contribution >= 0.6 is 0 Å². The number of benzene rings is 1. The van der Waals surface area contributed by atoms with Crippen LogP contribution in [-0.4, -0.2) is 34.0 Å². The van der Waals surface area contributed by atoms with Crippen molar-refractivity contribution in [2.75, 3.05) is 27.9 Å². The molecule has 19 heavy (non-hydrogen) atoms. The molecule has 1 saturated heterocycles. The van der Waals surface area contributed by atoms with Crippen LogP contribution in [0.25, 0.3) is 0 Å². The zero-order chi connectivity index (χ0) is 13.8. The van der Waals surface area contributed by atoms with Crippen molar-refractivity contribution in [3.8, 4) is 17.2 Å². The predicted molar refractivity (Wildman–Crippen MR) is 67.9 cm³/mol. The Bertz CT molecular complexity index is 474. The van der Waals surface area contributed by atoms with Crippen LogP contribution in [0.5, 0.6) is 17.2 Å². The lowest BCUT2D eigenvalue weighted by molar-refractivity contribution is 0.115. The number of alkyl carbamates (subject to hydrolysis) is 1. The number of amides is 1. The monoisotopic (exact) mass is 267 g/mol. The van der Waals surface area contributed by atoms with Crippen LogP contribution in [-0.2, 0) is 4.74 Å². The summed E-state index contributed by atoms with van der Waals surface area (Å²) in [5, 5.41) is 2.76. The first-order valence-electron chi connectivity index (χ1n) is 5.93. The lowest BCUT2D eigenvalue weighted by Crippen LogP contribution is -2.35. The summed E-state index contributed by atoms with van der Waals surface area (Å²) in [7, 11) is 4.67. The van der Waals surface area contributed by atoms with Gasteiger partial charge in [0.25, 0.3) is 0 Å². The predicted octanol–water partition coefficient (Wildman–Crippen LogP) is 1.88. The van der Waals surface area contributed by atoms with Crippen LogP contribution in [0, 0.1) is 0 Å². The summed E-state index contributed by atoms with van der Waals surface area (Å²) in [4.78, 5) is 11.3. The smallest absolute Gasteiger partial charge is 0.407 e. The molecule has 104 valence electrons. The molecule has 0 radical (unpaired) electrons. The molecule has 1 N–H and O–H groups in total. The molecule has 0 spiro atoms. The van der Waals surface area contributed by atoms with Gasteiger partial charge in [-0.25, -0.2) is 4.79 Å². The molecule has 1 fully saturated rings. The lowest BCUT2D eigenvalue weighted by Gasteiger charge is -2.26. The zero-order valence-corrected chi connectivity index (χ0v) is 11.2. The normalized spacial score (nSPS) is 18.3. The summed E-state index contributed by atoms with van der Waals surface area (Å²) in [5.74, 6) is 1.67. The van der Waals surface area contributed by atoms with Crippen molar-refractivity contribution in [1.29, 1.82) is 0 Å². The van der Waals surface area contributed by atoms with Gasteiger partial charge in [-0.3, -0.25) is 0 Å². The van der Waals surface area contributed by atoms with Gasteiger partial charge in [0.1, 0.15) is 0 Å². The van der Waals surface area contributed by atoms with E-state index in [2.05, 4.69) is 5.32 Å². The van der Waals surface area contributed by atoms with Gasteiger partial charge in [-0.15, -0.1) is 0 Å². The molecule has 1 amide bonds. The number of ether oxygens (including phenoxy) is 4. The van der Waals surface area contributed by atoms with E-state index in [0.717, 1.165) is 5.56 Å². The maximum atomic E-state index is 11.3. The maximum Gasteiger partial charge on any atom is 0.407 e. The van der Waals surface area contributed by atoms with Gasteiger partial charge in [-0.2, -0.15) is 0 Å². The summed E-state index contributed by atoms with van der Waals surface area (Å²) >= 11 is 0. The van der Waals surface area contributed by atoms with Crippen LogP contribution < -0.4 is 19.5 Å². The van der Waals surface area contributed by atoms with Crippen molar-refractivity contribution < 1.29 is 23.7 Å². The van der Waals surface area contributed by atoms with Crippen molar-refractivity contribution in [3.05, 3.63) is 17.7 Å². The fourth-order valence-corrected chi connectivity index (χ4v) is 2.16. The van der Waals surface area contributed by atoms with E-state index in [0.29, 0.717) is 30.3 Å². The average molecular weight is 267 g/mol. The molecule has 1 atom stereocenters. The van der Waals surface area contributed by atoms with Crippen LogP contribution in [0.15, 0.2) is 12.1 Å². The zero-order valence-electron chi connectivity index (χ0n) is 11.2. The first kappa shape index (κ1) is 13.3. The van der Waals surface area contributed by atoms with Crippen molar-refractivity contribution in [2.45, 2.75) is 12.5 Å². The fourth-order valence-electron chi connectivity index (χ4n) is 2.16. The third-order valence-corrected chi connectivity index (χ3v) is 3.04. The summed E-state index contributed by atoms with van der Waals surface area (Å²) in [6.07, 6.45) is 0.255. The van der Waals surface area contributed by atoms with Gasteiger partial charge in [-0.05, 0) is 12.1 Å². The number of methoxy groups -OCH3 is 3. The number of nitrogens with one attached hydrogen (secondary N) is 1. The topological polar surface area (TPSA) is 66.0 Å². The van der Waals surface area contributed by atoms with Crippen LogP contribution in [0.1, 0.15) is 18.0 Å². The molecule has 1 heterocycles. The molecular formula is C13H17NO5. The van der Waals surface area contributed by atoms with Gasteiger partial charge in [0.15, 0.2) is 11.5 Å². The van der Waals surface area contributed by atoms with Crippen molar-refractivity contribution in [2.24, 2.45) is 0 Å². The molecule has 1 aliphatic rings. The highest BCUT2D eigenvalue weighted by Gasteiger charge is 2.26. The van der Waals surface area contributed by atoms with E-state index in [1.807, 2.05) is 6.07 Å². The number of carbonyl (C=O) groups is 1. The van der Waals surface area contributed by atoms with E-state index in [1.165, 1.54) is 0 Å². The van der Waals surface area contributed by atoms with Crippen LogP contribution in [0.2, 0.25) is 0 Å². The highest BCUT2D eigenvalue weighted by atomic mass is 16.6. The molecular weight excluding hydrogens is 250 g/mol. The molecule has 6 heteroatoms. The Morgan fingerprint density at radius 1 is 1.16 bits per heavy atom. The minimum absolute atomic E-state index is 0.156. The molecule has 1 aromatic rings. The van der Waals surface area contributed by atoms with Crippen LogP contribution in [0.3, 0.4) is 0 Å². The van der Waals surface area contributed by atoms with Gasteiger partial charge in [0.2, 0.25) is 5.75 Å². The van der Waals surface area contributed by atoms with Crippen molar-refractivity contribution in [1.82, 2.24) is 5.32 Å². The number of hydrogen-bond donors (Lipinski definition) is 1. The van der Waals surface area contributed by atoms with Gasteiger partial charge >= 0.3 is 6.09 Å². The first-order valence-corrected chi connectivity index (χ1v) is 5.93. The molecule has 1 aromatic carbocycles. The van der Waals surface area contributed by atoms with Gasteiger partial charge in [0.05, 0.1) is 34.0 Å². The largest absolute Gasteiger partial charge is 0.493 e. The van der Waals surface area contributed by atoms with E-state index >= 15 is 0 Å². The van der Waals surface area contributed by atoms with Gasteiger partial charge in [0, 0.05) is 12.0 Å². The molecule has 2 rings (SSSR count). The third-order valence-electron chi connectivity index (χ3n) is 3.04. The Morgan fingerprint density at radius 2 is 1.89 bits per heavy atom. The summed E-state index contributed by atoms with van der Waals surface area (Å²) in [5.41, 5.74) is 0.844. The van der Waals surface area contributed by atoms with Crippen LogP contribution in [0.4, 0.5) is 4.79 Å². The molecule has 1 aliphatic heterocycles. The Morgan fingerprint density at radius 3 is 2.47 bits per heavy atom. The van der Waals surface area contributed by atoms with E-state index in [-0.39, 0.29) is 6.04 Å². The molecule has 0 bridgehead atoms. The molecule has 0 aliphatic carbocycles. The number of cyclic esters (lactones) is 1. The molecule has 0 aromatic heterocycles. The Balaban J connectivity index is 2.42. The quantitative estimate of drug-likeness (QED) is 0.902. The standard InChI is InChI=1S/C13H17NO5/c1-16-10-5-4-8(11(17-2)12(10)18-3)9-6-7-19-13(15)14-9/h4-5,9H,6-7H2,1-3H3,(H,14,15)/t9-/m0/s1. The third kappa shape index (κ3) is 2.52. The molecule has 6 nitrogen and oxygen atoms in total. The van der Waals surface area contributed by atoms with Gasteiger partial charge < -0.3 is 24.3 Å². The van der Waals surface area contributed by atoms with E-state index in [9.17, 15) is 4.79 Å². The summed E-state index contributed by atoms with van der Waals surface area (Å²) in [6, 6.07) is 3.49. The molecule has 0 unspecified atom stereocenters. The molecule has 0 saturated carbocycles. The second-order valence-electron chi connectivity index (χ2n) is 4.05. The number of rotatable bonds is 4.